The standard InChI is InChI=1S/C17H33N3O2/c1-3-5-14-20(4-2)16(21)12-9-13-18-17(22)19-15-10-7-6-8-11-15/h15H,3-14H2,1-2H3,(H2,18,19,22). The van der Waals surface area contributed by atoms with Crippen LogP contribution >= 0.6 is 0 Å². The Balaban J connectivity index is 2.10. The molecule has 22 heavy (non-hydrogen) atoms. The van der Waals surface area contributed by atoms with Gasteiger partial charge >= 0.3 is 6.03 Å². The summed E-state index contributed by atoms with van der Waals surface area (Å²) in [5.74, 6) is 0.199. The van der Waals surface area contributed by atoms with E-state index in [0.29, 0.717) is 25.4 Å². The third-order valence-electron chi connectivity index (χ3n) is 4.31. The van der Waals surface area contributed by atoms with Gasteiger partial charge in [0.1, 0.15) is 0 Å². The van der Waals surface area contributed by atoms with E-state index in [4.69, 9.17) is 0 Å². The van der Waals surface area contributed by atoms with Crippen LogP contribution in [0.15, 0.2) is 0 Å². The molecular weight excluding hydrogens is 278 g/mol. The number of amides is 3. The fourth-order valence-corrected chi connectivity index (χ4v) is 2.89. The molecule has 3 amide bonds. The number of carbonyl (C=O) groups is 2. The van der Waals surface area contributed by atoms with E-state index in [-0.39, 0.29) is 11.9 Å². The molecule has 128 valence electrons. The second-order valence-corrected chi connectivity index (χ2v) is 6.17. The van der Waals surface area contributed by atoms with Crippen molar-refractivity contribution in [3.63, 3.8) is 0 Å². The van der Waals surface area contributed by atoms with Gasteiger partial charge in [0, 0.05) is 32.1 Å². The maximum absolute atomic E-state index is 12.0. The van der Waals surface area contributed by atoms with Crippen molar-refractivity contribution in [1.29, 1.82) is 0 Å². The van der Waals surface area contributed by atoms with Gasteiger partial charge in [0.05, 0.1) is 0 Å². The number of rotatable bonds is 9. The minimum atomic E-state index is -0.0855. The highest BCUT2D eigenvalue weighted by Gasteiger charge is 2.15. The SMILES string of the molecule is CCCCN(CC)C(=O)CCCNC(=O)NC1CCCCC1. The Hall–Kier alpha value is -1.26. The molecule has 2 N–H and O–H groups in total. The third-order valence-corrected chi connectivity index (χ3v) is 4.31. The summed E-state index contributed by atoms with van der Waals surface area (Å²) in [6, 6.07) is 0.248. The second kappa shape index (κ2) is 11.3. The van der Waals surface area contributed by atoms with Crippen LogP contribution in [-0.2, 0) is 4.79 Å². The highest BCUT2D eigenvalue weighted by molar-refractivity contribution is 5.76. The zero-order valence-electron chi connectivity index (χ0n) is 14.3. The number of carbonyl (C=O) groups excluding carboxylic acids is 2. The molecule has 0 bridgehead atoms. The lowest BCUT2D eigenvalue weighted by molar-refractivity contribution is -0.131. The summed E-state index contributed by atoms with van der Waals surface area (Å²) in [6.45, 7) is 6.34. The Kier molecular flexibility index (Phi) is 9.67. The minimum absolute atomic E-state index is 0.0855. The molecule has 0 aromatic carbocycles. The molecule has 0 aliphatic heterocycles. The first-order chi connectivity index (χ1) is 10.7. The number of nitrogens with one attached hydrogen (secondary N) is 2. The van der Waals surface area contributed by atoms with Gasteiger partial charge in [0.15, 0.2) is 0 Å². The summed E-state index contributed by atoms with van der Waals surface area (Å²) >= 11 is 0. The quantitative estimate of drug-likeness (QED) is 0.643. The summed E-state index contributed by atoms with van der Waals surface area (Å²) in [6.07, 6.45) is 9.28. The Morgan fingerprint density at radius 2 is 1.82 bits per heavy atom. The zero-order chi connectivity index (χ0) is 16.2. The van der Waals surface area contributed by atoms with Crippen LogP contribution in [-0.4, -0.2) is 42.5 Å². The number of urea groups is 1. The van der Waals surface area contributed by atoms with Crippen molar-refractivity contribution in [2.45, 2.75) is 77.7 Å². The monoisotopic (exact) mass is 311 g/mol. The number of unbranched alkanes of at least 4 members (excludes halogenated alkanes) is 1. The smallest absolute Gasteiger partial charge is 0.315 e. The molecule has 1 aliphatic carbocycles. The second-order valence-electron chi connectivity index (χ2n) is 6.17. The van der Waals surface area contributed by atoms with E-state index in [1.54, 1.807) is 0 Å². The molecule has 0 saturated heterocycles. The van der Waals surface area contributed by atoms with E-state index >= 15 is 0 Å². The fraction of sp³-hybridized carbons (Fsp3) is 0.882. The molecule has 5 nitrogen and oxygen atoms in total. The maximum atomic E-state index is 12.0. The van der Waals surface area contributed by atoms with Crippen molar-refractivity contribution in [1.82, 2.24) is 15.5 Å². The average molecular weight is 311 g/mol. The Labute approximate surface area is 135 Å². The zero-order valence-corrected chi connectivity index (χ0v) is 14.3. The molecule has 0 unspecified atom stereocenters. The summed E-state index contributed by atoms with van der Waals surface area (Å²) in [5, 5.41) is 5.89. The van der Waals surface area contributed by atoms with E-state index in [9.17, 15) is 9.59 Å². The van der Waals surface area contributed by atoms with Crippen LogP contribution in [0.25, 0.3) is 0 Å². The number of nitrogens with zero attached hydrogens (tertiary/aromatic N) is 1. The van der Waals surface area contributed by atoms with Crippen LogP contribution in [0, 0.1) is 0 Å². The van der Waals surface area contributed by atoms with Gasteiger partial charge in [-0.25, -0.2) is 4.79 Å². The van der Waals surface area contributed by atoms with Crippen molar-refractivity contribution in [3.8, 4) is 0 Å². The van der Waals surface area contributed by atoms with Crippen LogP contribution < -0.4 is 10.6 Å². The van der Waals surface area contributed by atoms with E-state index in [2.05, 4.69) is 17.6 Å². The normalized spacial score (nSPS) is 15.4. The topological polar surface area (TPSA) is 61.4 Å². The van der Waals surface area contributed by atoms with Gasteiger partial charge in [-0.3, -0.25) is 4.79 Å². The molecule has 0 aromatic heterocycles. The highest BCUT2D eigenvalue weighted by atomic mass is 16.2. The van der Waals surface area contributed by atoms with E-state index in [1.807, 2.05) is 11.8 Å². The van der Waals surface area contributed by atoms with Gasteiger partial charge in [-0.2, -0.15) is 0 Å². The van der Waals surface area contributed by atoms with Crippen molar-refractivity contribution in [3.05, 3.63) is 0 Å². The highest BCUT2D eigenvalue weighted by Crippen LogP contribution is 2.17. The van der Waals surface area contributed by atoms with Gasteiger partial charge < -0.3 is 15.5 Å². The molecule has 5 heteroatoms. The van der Waals surface area contributed by atoms with Crippen LogP contribution in [0.4, 0.5) is 4.79 Å². The number of hydrogen-bond donors (Lipinski definition) is 2. The van der Waals surface area contributed by atoms with Crippen molar-refractivity contribution >= 4 is 11.9 Å². The first-order valence-electron chi connectivity index (χ1n) is 8.99. The maximum Gasteiger partial charge on any atom is 0.315 e. The van der Waals surface area contributed by atoms with Gasteiger partial charge in [-0.05, 0) is 32.6 Å². The molecule has 0 heterocycles. The van der Waals surface area contributed by atoms with E-state index in [1.165, 1.54) is 19.3 Å². The fourth-order valence-electron chi connectivity index (χ4n) is 2.89. The van der Waals surface area contributed by atoms with Crippen molar-refractivity contribution < 1.29 is 9.59 Å². The Morgan fingerprint density at radius 3 is 2.45 bits per heavy atom. The molecule has 0 radical (unpaired) electrons. The largest absolute Gasteiger partial charge is 0.343 e. The first-order valence-corrected chi connectivity index (χ1v) is 8.99. The Morgan fingerprint density at radius 1 is 1.09 bits per heavy atom. The molecule has 1 rings (SSSR count). The van der Waals surface area contributed by atoms with E-state index in [0.717, 1.165) is 38.8 Å². The van der Waals surface area contributed by atoms with Crippen LogP contribution in [0.5, 0.6) is 0 Å². The summed E-state index contributed by atoms with van der Waals surface area (Å²) in [5.41, 5.74) is 0. The van der Waals surface area contributed by atoms with Gasteiger partial charge in [-0.1, -0.05) is 32.6 Å². The molecule has 0 atom stereocenters. The minimum Gasteiger partial charge on any atom is -0.343 e. The lowest BCUT2D eigenvalue weighted by atomic mass is 9.96. The van der Waals surface area contributed by atoms with Crippen LogP contribution in [0.2, 0.25) is 0 Å². The van der Waals surface area contributed by atoms with Gasteiger partial charge in [-0.15, -0.1) is 0 Å². The predicted octanol–water partition coefficient (Wildman–Crippen LogP) is 3.05. The molecule has 0 aromatic rings. The van der Waals surface area contributed by atoms with Crippen molar-refractivity contribution in [2.75, 3.05) is 19.6 Å². The van der Waals surface area contributed by atoms with E-state index < -0.39 is 0 Å². The third kappa shape index (κ3) is 7.66. The molecule has 1 aliphatic rings. The first kappa shape index (κ1) is 18.8. The van der Waals surface area contributed by atoms with Crippen molar-refractivity contribution in [2.24, 2.45) is 0 Å². The summed E-state index contributed by atoms with van der Waals surface area (Å²) in [4.78, 5) is 25.7. The molecule has 0 spiro atoms. The number of hydrogen-bond acceptors (Lipinski definition) is 2. The van der Waals surface area contributed by atoms with Crippen LogP contribution in [0.3, 0.4) is 0 Å². The molecule has 1 saturated carbocycles. The predicted molar refractivity (Wildman–Crippen MR) is 89.8 cm³/mol. The van der Waals surface area contributed by atoms with Gasteiger partial charge in [0.2, 0.25) is 5.91 Å². The molecule has 1 fully saturated rings. The lowest BCUT2D eigenvalue weighted by Gasteiger charge is -2.23. The average Bonchev–Trinajstić information content (AvgIpc) is 2.53. The summed E-state index contributed by atoms with van der Waals surface area (Å²) in [7, 11) is 0. The summed E-state index contributed by atoms with van der Waals surface area (Å²) < 4.78 is 0. The Bertz CT molecular complexity index is 328. The molecular formula is C17H33N3O2. The van der Waals surface area contributed by atoms with Gasteiger partial charge in [0.25, 0.3) is 0 Å². The van der Waals surface area contributed by atoms with Crippen LogP contribution in [0.1, 0.15) is 71.6 Å². The lowest BCUT2D eigenvalue weighted by Crippen LogP contribution is -2.43.